The molecule has 5 heteroatoms. The lowest BCUT2D eigenvalue weighted by molar-refractivity contribution is 0.0659. The summed E-state index contributed by atoms with van der Waals surface area (Å²) in [5.74, 6) is 0.369. The summed E-state index contributed by atoms with van der Waals surface area (Å²) in [5.41, 5.74) is 0.682. The number of furan rings is 1. The highest BCUT2D eigenvalue weighted by atomic mass is 16.5. The van der Waals surface area contributed by atoms with Gasteiger partial charge in [-0.15, -0.1) is 0 Å². The first-order valence-electron chi connectivity index (χ1n) is 6.80. The Morgan fingerprint density at radius 1 is 1.29 bits per heavy atom. The van der Waals surface area contributed by atoms with E-state index in [4.69, 9.17) is 14.3 Å². The Kier molecular flexibility index (Phi) is 3.12. The van der Waals surface area contributed by atoms with Gasteiger partial charge in [-0.25, -0.2) is 4.79 Å². The van der Waals surface area contributed by atoms with Gasteiger partial charge in [0.2, 0.25) is 5.76 Å². The van der Waals surface area contributed by atoms with Crippen molar-refractivity contribution in [3.8, 4) is 5.75 Å². The minimum Gasteiger partial charge on any atom is -0.484 e. The van der Waals surface area contributed by atoms with Crippen molar-refractivity contribution in [1.29, 1.82) is 0 Å². The molecule has 1 aliphatic rings. The molecule has 0 saturated heterocycles. The number of rotatable bonds is 3. The molecule has 0 atom stereocenters. The number of carbonyl (C=O) groups is 1. The minimum atomic E-state index is -1.05. The third-order valence-electron chi connectivity index (χ3n) is 3.38. The lowest BCUT2D eigenvalue weighted by Crippen LogP contribution is -2.46. The molecule has 0 radical (unpaired) electrons. The van der Waals surface area contributed by atoms with Gasteiger partial charge < -0.3 is 19.2 Å². The molecule has 1 aliphatic heterocycles. The lowest BCUT2D eigenvalue weighted by Gasteiger charge is -2.40. The molecule has 1 aromatic heterocycles. The molecule has 2 aromatic rings. The number of hydrogen-bond acceptors (Lipinski definition) is 4. The van der Waals surface area contributed by atoms with Crippen LogP contribution in [0.1, 0.15) is 30.2 Å². The highest BCUT2D eigenvalue weighted by Gasteiger charge is 2.31. The van der Waals surface area contributed by atoms with Gasteiger partial charge in [0.15, 0.2) is 0 Å². The number of anilines is 1. The van der Waals surface area contributed by atoms with E-state index in [1.807, 2.05) is 38.1 Å². The molecular formula is C16H17NO4. The SMILES string of the molecule is CC1(C)CN(Cc2ccc(C(=O)O)o2)c2ccccc2O1. The smallest absolute Gasteiger partial charge is 0.371 e. The van der Waals surface area contributed by atoms with Crippen LogP contribution in [0.15, 0.2) is 40.8 Å². The van der Waals surface area contributed by atoms with Crippen molar-refractivity contribution in [3.63, 3.8) is 0 Å². The van der Waals surface area contributed by atoms with Gasteiger partial charge in [0.1, 0.15) is 17.1 Å². The van der Waals surface area contributed by atoms with Gasteiger partial charge in [0.25, 0.3) is 0 Å². The minimum absolute atomic E-state index is 0.0363. The van der Waals surface area contributed by atoms with Crippen LogP contribution in [0.5, 0.6) is 5.75 Å². The Balaban J connectivity index is 1.88. The molecule has 0 unspecified atom stereocenters. The summed E-state index contributed by atoms with van der Waals surface area (Å²) in [7, 11) is 0. The highest BCUT2D eigenvalue weighted by Crippen LogP contribution is 2.37. The van der Waals surface area contributed by atoms with Gasteiger partial charge in [-0.2, -0.15) is 0 Å². The standard InChI is InChI=1S/C16H17NO4/c1-16(2)10-17(12-5-3-4-6-13(12)21-16)9-11-7-8-14(20-11)15(18)19/h3-8H,9-10H2,1-2H3,(H,18,19). The molecule has 21 heavy (non-hydrogen) atoms. The van der Waals surface area contributed by atoms with Crippen molar-refractivity contribution in [2.24, 2.45) is 0 Å². The van der Waals surface area contributed by atoms with Crippen molar-refractivity contribution in [2.75, 3.05) is 11.4 Å². The van der Waals surface area contributed by atoms with Crippen LogP contribution in [0.25, 0.3) is 0 Å². The van der Waals surface area contributed by atoms with E-state index in [9.17, 15) is 4.79 Å². The van der Waals surface area contributed by atoms with Crippen molar-refractivity contribution in [3.05, 3.63) is 47.9 Å². The fraction of sp³-hybridized carbons (Fsp3) is 0.312. The molecule has 5 nitrogen and oxygen atoms in total. The van der Waals surface area contributed by atoms with E-state index in [1.165, 1.54) is 6.07 Å². The molecule has 1 N–H and O–H groups in total. The Morgan fingerprint density at radius 2 is 2.05 bits per heavy atom. The molecule has 0 fully saturated rings. The maximum absolute atomic E-state index is 10.9. The summed E-state index contributed by atoms with van der Waals surface area (Å²) in [5, 5.41) is 8.92. The van der Waals surface area contributed by atoms with Crippen molar-refractivity contribution in [1.82, 2.24) is 0 Å². The third kappa shape index (κ3) is 2.72. The molecule has 2 heterocycles. The van der Waals surface area contributed by atoms with E-state index in [0.29, 0.717) is 18.8 Å². The molecule has 0 spiro atoms. The Morgan fingerprint density at radius 3 is 2.76 bits per heavy atom. The van der Waals surface area contributed by atoms with Crippen LogP contribution in [-0.2, 0) is 6.54 Å². The maximum atomic E-state index is 10.9. The molecule has 0 aliphatic carbocycles. The van der Waals surface area contributed by atoms with E-state index >= 15 is 0 Å². The second kappa shape index (κ2) is 4.84. The van der Waals surface area contributed by atoms with E-state index in [1.54, 1.807) is 6.07 Å². The van der Waals surface area contributed by atoms with E-state index in [-0.39, 0.29) is 11.4 Å². The predicted octanol–water partition coefficient (Wildman–Crippen LogP) is 3.16. The summed E-state index contributed by atoms with van der Waals surface area (Å²) in [4.78, 5) is 13.0. The van der Waals surface area contributed by atoms with E-state index < -0.39 is 5.97 Å². The van der Waals surface area contributed by atoms with Crippen LogP contribution in [-0.4, -0.2) is 23.2 Å². The predicted molar refractivity (Wildman–Crippen MR) is 77.9 cm³/mol. The summed E-state index contributed by atoms with van der Waals surface area (Å²) in [6.07, 6.45) is 0. The first kappa shape index (κ1) is 13.5. The molecular weight excluding hydrogens is 270 g/mol. The Hall–Kier alpha value is -2.43. The Bertz CT molecular complexity index is 674. The highest BCUT2D eigenvalue weighted by molar-refractivity contribution is 5.84. The van der Waals surface area contributed by atoms with Gasteiger partial charge in [-0.05, 0) is 38.1 Å². The third-order valence-corrected chi connectivity index (χ3v) is 3.38. The number of carboxylic acids is 1. The van der Waals surface area contributed by atoms with E-state index in [2.05, 4.69) is 4.90 Å². The quantitative estimate of drug-likeness (QED) is 0.939. The van der Waals surface area contributed by atoms with Gasteiger partial charge in [0, 0.05) is 0 Å². The fourth-order valence-electron chi connectivity index (χ4n) is 2.59. The molecule has 3 rings (SSSR count). The van der Waals surface area contributed by atoms with Crippen LogP contribution in [0.3, 0.4) is 0 Å². The van der Waals surface area contributed by atoms with Crippen LogP contribution in [0.4, 0.5) is 5.69 Å². The average Bonchev–Trinajstić information content (AvgIpc) is 2.86. The zero-order valence-corrected chi connectivity index (χ0v) is 12.0. The fourth-order valence-corrected chi connectivity index (χ4v) is 2.59. The number of para-hydroxylation sites is 2. The van der Waals surface area contributed by atoms with Crippen molar-refractivity contribution in [2.45, 2.75) is 26.0 Å². The second-order valence-corrected chi connectivity index (χ2v) is 5.76. The zero-order valence-electron chi connectivity index (χ0n) is 12.0. The molecule has 110 valence electrons. The topological polar surface area (TPSA) is 62.9 Å². The molecule has 0 saturated carbocycles. The maximum Gasteiger partial charge on any atom is 0.371 e. The summed E-state index contributed by atoms with van der Waals surface area (Å²) in [6.45, 7) is 5.27. The summed E-state index contributed by atoms with van der Waals surface area (Å²) < 4.78 is 11.3. The first-order valence-corrected chi connectivity index (χ1v) is 6.80. The number of benzene rings is 1. The van der Waals surface area contributed by atoms with Gasteiger partial charge in [0.05, 0.1) is 18.8 Å². The molecule has 0 amide bonds. The normalized spacial score (nSPS) is 16.2. The molecule has 1 aromatic carbocycles. The van der Waals surface area contributed by atoms with Crippen LogP contribution < -0.4 is 9.64 Å². The number of ether oxygens (including phenoxy) is 1. The Labute approximate surface area is 122 Å². The lowest BCUT2D eigenvalue weighted by atomic mass is 10.0. The van der Waals surface area contributed by atoms with Crippen LogP contribution in [0.2, 0.25) is 0 Å². The number of carboxylic acid groups (broad SMARTS) is 1. The van der Waals surface area contributed by atoms with Crippen LogP contribution >= 0.6 is 0 Å². The van der Waals surface area contributed by atoms with Gasteiger partial charge >= 0.3 is 5.97 Å². The number of nitrogens with zero attached hydrogens (tertiary/aromatic N) is 1. The van der Waals surface area contributed by atoms with Gasteiger partial charge in [-0.1, -0.05) is 12.1 Å². The van der Waals surface area contributed by atoms with Crippen molar-refractivity contribution < 1.29 is 19.1 Å². The van der Waals surface area contributed by atoms with Crippen LogP contribution in [0, 0.1) is 0 Å². The summed E-state index contributed by atoms with van der Waals surface area (Å²) >= 11 is 0. The molecule has 0 bridgehead atoms. The average molecular weight is 287 g/mol. The largest absolute Gasteiger partial charge is 0.484 e. The number of fused-ring (bicyclic) bond motifs is 1. The van der Waals surface area contributed by atoms with E-state index in [0.717, 1.165) is 11.4 Å². The second-order valence-electron chi connectivity index (χ2n) is 5.76. The zero-order chi connectivity index (χ0) is 15.0. The van der Waals surface area contributed by atoms with Gasteiger partial charge in [-0.3, -0.25) is 0 Å². The first-order chi connectivity index (χ1) is 9.94. The number of hydrogen-bond donors (Lipinski definition) is 1. The number of aromatic carboxylic acids is 1. The van der Waals surface area contributed by atoms with Crippen molar-refractivity contribution >= 4 is 11.7 Å². The monoisotopic (exact) mass is 287 g/mol. The summed E-state index contributed by atoms with van der Waals surface area (Å²) in [6, 6.07) is 11.0.